The normalized spacial score (nSPS) is 15.6. The van der Waals surface area contributed by atoms with Crippen LogP contribution in [0.2, 0.25) is 5.02 Å². The van der Waals surface area contributed by atoms with Crippen LogP contribution < -0.4 is 5.56 Å². The molecule has 1 aromatic heterocycles. The molecule has 98 valence electrons. The number of aromatic nitrogens is 1. The molecular weight excluding hydrogens is 262 g/mol. The Morgan fingerprint density at radius 1 is 1.37 bits per heavy atom. The second-order valence-electron chi connectivity index (χ2n) is 4.75. The van der Waals surface area contributed by atoms with Crippen LogP contribution in [0, 0.1) is 6.92 Å². The Bertz CT molecular complexity index is 731. The third-order valence-electron chi connectivity index (χ3n) is 3.39. The zero-order valence-corrected chi connectivity index (χ0v) is 11.4. The number of benzene rings is 1. The van der Waals surface area contributed by atoms with Crippen molar-refractivity contribution < 1.29 is 4.74 Å². The third-order valence-corrected chi connectivity index (χ3v) is 3.78. The topological polar surface area (TPSA) is 42.1 Å². The maximum absolute atomic E-state index is 12.2. The number of ether oxygens (including phenoxy) is 1. The summed E-state index contributed by atoms with van der Waals surface area (Å²) in [7, 11) is 0. The lowest BCUT2D eigenvalue weighted by atomic mass is 10.0. The van der Waals surface area contributed by atoms with Gasteiger partial charge >= 0.3 is 0 Å². The van der Waals surface area contributed by atoms with E-state index >= 15 is 0 Å². The van der Waals surface area contributed by atoms with E-state index in [-0.39, 0.29) is 5.56 Å². The number of H-pyrrole nitrogens is 1. The first-order chi connectivity index (χ1) is 9.16. The zero-order chi connectivity index (χ0) is 13.4. The first-order valence-corrected chi connectivity index (χ1v) is 6.64. The fourth-order valence-corrected chi connectivity index (χ4v) is 2.78. The molecule has 0 saturated carbocycles. The Labute approximate surface area is 115 Å². The van der Waals surface area contributed by atoms with E-state index in [2.05, 4.69) is 4.98 Å². The number of rotatable bonds is 1. The van der Waals surface area contributed by atoms with Gasteiger partial charge in [-0.05, 0) is 30.5 Å². The predicted molar refractivity (Wildman–Crippen MR) is 77.7 cm³/mol. The Hall–Kier alpha value is -1.58. The van der Waals surface area contributed by atoms with Gasteiger partial charge in [-0.1, -0.05) is 29.8 Å². The van der Waals surface area contributed by atoms with E-state index in [1.807, 2.05) is 31.2 Å². The van der Waals surface area contributed by atoms with Gasteiger partial charge in [-0.15, -0.1) is 0 Å². The Balaban J connectivity index is 2.28. The van der Waals surface area contributed by atoms with E-state index in [1.54, 1.807) is 0 Å². The van der Waals surface area contributed by atoms with Crippen molar-refractivity contribution in [3.05, 3.63) is 50.8 Å². The Kier molecular flexibility index (Phi) is 3.17. The van der Waals surface area contributed by atoms with Gasteiger partial charge in [-0.25, -0.2) is 0 Å². The average Bonchev–Trinajstić information content (AvgIpc) is 2.39. The molecule has 19 heavy (non-hydrogen) atoms. The number of aromatic amines is 1. The molecule has 0 saturated heterocycles. The lowest BCUT2D eigenvalue weighted by Gasteiger charge is -2.15. The van der Waals surface area contributed by atoms with Gasteiger partial charge in [-0.2, -0.15) is 0 Å². The molecule has 0 spiro atoms. The summed E-state index contributed by atoms with van der Waals surface area (Å²) < 4.78 is 5.27. The summed E-state index contributed by atoms with van der Waals surface area (Å²) in [6.45, 7) is 3.16. The van der Waals surface area contributed by atoms with Crippen molar-refractivity contribution in [3.8, 4) is 0 Å². The van der Waals surface area contributed by atoms with Gasteiger partial charge in [-0.3, -0.25) is 4.79 Å². The molecule has 0 fully saturated rings. The van der Waals surface area contributed by atoms with Crippen LogP contribution in [0.3, 0.4) is 0 Å². The highest BCUT2D eigenvalue weighted by atomic mass is 35.5. The van der Waals surface area contributed by atoms with Crippen LogP contribution in [0.5, 0.6) is 0 Å². The fraction of sp³-hybridized carbons (Fsp3) is 0.267. The summed E-state index contributed by atoms with van der Waals surface area (Å²) in [6.07, 6.45) is 2.65. The number of aryl methyl sites for hydroxylation is 1. The van der Waals surface area contributed by atoms with Crippen molar-refractivity contribution in [2.45, 2.75) is 13.3 Å². The number of hydrogen-bond donors (Lipinski definition) is 1. The van der Waals surface area contributed by atoms with Crippen molar-refractivity contribution >= 4 is 28.1 Å². The number of fused-ring (bicyclic) bond motifs is 1. The van der Waals surface area contributed by atoms with E-state index < -0.39 is 0 Å². The molecule has 2 heterocycles. The van der Waals surface area contributed by atoms with Crippen molar-refractivity contribution in [1.29, 1.82) is 0 Å². The fourth-order valence-electron chi connectivity index (χ4n) is 2.41. The first kappa shape index (κ1) is 12.5. The van der Waals surface area contributed by atoms with Crippen molar-refractivity contribution in [1.82, 2.24) is 4.98 Å². The van der Waals surface area contributed by atoms with Gasteiger partial charge in [0.15, 0.2) is 0 Å². The van der Waals surface area contributed by atoms with Gasteiger partial charge in [0, 0.05) is 5.39 Å². The SMILES string of the molecule is Cc1ccc2c(Cl)c(C3=CCOCC3)c(=O)[nH]c2c1. The van der Waals surface area contributed by atoms with E-state index in [4.69, 9.17) is 16.3 Å². The van der Waals surface area contributed by atoms with E-state index in [0.29, 0.717) is 23.8 Å². The molecule has 0 amide bonds. The summed E-state index contributed by atoms with van der Waals surface area (Å²) in [4.78, 5) is 15.2. The molecule has 0 atom stereocenters. The van der Waals surface area contributed by atoms with Crippen LogP contribution in [-0.2, 0) is 4.74 Å². The summed E-state index contributed by atoms with van der Waals surface area (Å²) in [5, 5.41) is 1.42. The van der Waals surface area contributed by atoms with Crippen molar-refractivity contribution in [2.24, 2.45) is 0 Å². The van der Waals surface area contributed by atoms with Gasteiger partial charge < -0.3 is 9.72 Å². The predicted octanol–water partition coefficient (Wildman–Crippen LogP) is 3.29. The molecule has 0 unspecified atom stereocenters. The second-order valence-corrected chi connectivity index (χ2v) is 5.12. The molecule has 0 radical (unpaired) electrons. The quantitative estimate of drug-likeness (QED) is 0.868. The monoisotopic (exact) mass is 275 g/mol. The van der Waals surface area contributed by atoms with Gasteiger partial charge in [0.25, 0.3) is 5.56 Å². The summed E-state index contributed by atoms with van der Waals surface area (Å²) in [5.74, 6) is 0. The van der Waals surface area contributed by atoms with Crippen molar-refractivity contribution in [2.75, 3.05) is 13.2 Å². The average molecular weight is 276 g/mol. The minimum absolute atomic E-state index is 0.128. The number of nitrogens with one attached hydrogen (secondary N) is 1. The smallest absolute Gasteiger partial charge is 0.257 e. The number of pyridine rings is 1. The van der Waals surface area contributed by atoms with Crippen LogP contribution in [0.15, 0.2) is 29.1 Å². The lowest BCUT2D eigenvalue weighted by molar-refractivity contribution is 0.161. The molecule has 3 nitrogen and oxygen atoms in total. The molecule has 0 bridgehead atoms. The Morgan fingerprint density at radius 2 is 2.21 bits per heavy atom. The summed E-state index contributed by atoms with van der Waals surface area (Å²) in [5.41, 5.74) is 3.31. The minimum atomic E-state index is -0.128. The summed E-state index contributed by atoms with van der Waals surface area (Å²) in [6, 6.07) is 5.88. The number of halogens is 1. The molecule has 1 aliphatic heterocycles. The molecule has 0 aliphatic carbocycles. The highest BCUT2D eigenvalue weighted by Crippen LogP contribution is 2.30. The third kappa shape index (κ3) is 2.20. The Morgan fingerprint density at radius 3 is 2.95 bits per heavy atom. The maximum Gasteiger partial charge on any atom is 0.257 e. The molecule has 1 aromatic carbocycles. The highest BCUT2D eigenvalue weighted by molar-refractivity contribution is 6.37. The summed E-state index contributed by atoms with van der Waals surface area (Å²) >= 11 is 6.43. The van der Waals surface area contributed by atoms with Crippen LogP contribution in [-0.4, -0.2) is 18.2 Å². The molecular formula is C15H14ClNO2. The van der Waals surface area contributed by atoms with E-state index in [0.717, 1.165) is 28.5 Å². The first-order valence-electron chi connectivity index (χ1n) is 6.26. The molecule has 4 heteroatoms. The molecule has 1 aliphatic rings. The highest BCUT2D eigenvalue weighted by Gasteiger charge is 2.16. The van der Waals surface area contributed by atoms with Gasteiger partial charge in [0.1, 0.15) is 0 Å². The van der Waals surface area contributed by atoms with E-state index in [9.17, 15) is 4.79 Å². The lowest BCUT2D eigenvalue weighted by Crippen LogP contribution is -2.16. The van der Waals surface area contributed by atoms with E-state index in [1.165, 1.54) is 0 Å². The molecule has 3 rings (SSSR count). The maximum atomic E-state index is 12.2. The van der Waals surface area contributed by atoms with Crippen LogP contribution in [0.4, 0.5) is 0 Å². The van der Waals surface area contributed by atoms with Gasteiger partial charge in [0.2, 0.25) is 0 Å². The largest absolute Gasteiger partial charge is 0.377 e. The number of hydrogen-bond acceptors (Lipinski definition) is 2. The zero-order valence-electron chi connectivity index (χ0n) is 10.6. The van der Waals surface area contributed by atoms with Crippen LogP contribution in [0.25, 0.3) is 16.5 Å². The van der Waals surface area contributed by atoms with Crippen molar-refractivity contribution in [3.63, 3.8) is 0 Å². The minimum Gasteiger partial charge on any atom is -0.377 e. The second kappa shape index (κ2) is 4.83. The molecule has 2 aromatic rings. The standard InChI is InChI=1S/C15H14ClNO2/c1-9-2-3-11-12(8-9)17-15(18)13(14(11)16)10-4-6-19-7-5-10/h2-4,8H,5-7H2,1H3,(H,17,18). The molecule has 1 N–H and O–H groups in total. The van der Waals surface area contributed by atoms with Crippen LogP contribution >= 0.6 is 11.6 Å². The van der Waals surface area contributed by atoms with Crippen LogP contribution in [0.1, 0.15) is 17.5 Å². The van der Waals surface area contributed by atoms with Gasteiger partial charge in [0.05, 0.1) is 29.3 Å².